The first-order valence-corrected chi connectivity index (χ1v) is 9.08. The van der Waals surface area contributed by atoms with Gasteiger partial charge in [-0.3, -0.25) is 15.0 Å². The number of benzene rings is 1. The number of carbonyl (C=O) groups excluding carboxylic acids is 2. The minimum absolute atomic E-state index is 0.130. The Hall–Kier alpha value is -2.04. The zero-order chi connectivity index (χ0) is 18.9. The van der Waals surface area contributed by atoms with Gasteiger partial charge in [0.2, 0.25) is 5.91 Å². The van der Waals surface area contributed by atoms with E-state index in [0.717, 1.165) is 19.3 Å². The summed E-state index contributed by atoms with van der Waals surface area (Å²) >= 11 is 0. The number of nitrogens with one attached hydrogen (secondary N) is 1. The quantitative estimate of drug-likeness (QED) is 0.562. The molecule has 0 bridgehead atoms. The molecule has 5 heteroatoms. The molecule has 1 N–H and O–H groups in total. The molecule has 0 fully saturated rings. The molecule has 1 aromatic carbocycles. The number of hydrazine groups is 1. The van der Waals surface area contributed by atoms with Crippen LogP contribution in [0, 0.1) is 0 Å². The Morgan fingerprint density at radius 1 is 1.08 bits per heavy atom. The SMILES string of the molecule is CCCCCCCC(=O)NN(C(=O)c1ccccc1OC)C(C)(C)C. The normalized spacial score (nSPS) is 11.1. The molecule has 0 aliphatic rings. The van der Waals surface area contributed by atoms with E-state index in [1.807, 2.05) is 26.8 Å². The van der Waals surface area contributed by atoms with Crippen molar-refractivity contribution < 1.29 is 14.3 Å². The van der Waals surface area contributed by atoms with Crippen molar-refractivity contribution >= 4 is 11.8 Å². The lowest BCUT2D eigenvalue weighted by Crippen LogP contribution is -2.55. The highest BCUT2D eigenvalue weighted by molar-refractivity contribution is 5.98. The number of methoxy groups -OCH3 is 1. The van der Waals surface area contributed by atoms with E-state index in [1.165, 1.54) is 25.0 Å². The number of amides is 2. The third kappa shape index (κ3) is 6.77. The van der Waals surface area contributed by atoms with E-state index in [-0.39, 0.29) is 11.8 Å². The van der Waals surface area contributed by atoms with E-state index in [4.69, 9.17) is 4.74 Å². The van der Waals surface area contributed by atoms with Gasteiger partial charge in [0.1, 0.15) is 5.75 Å². The maximum atomic E-state index is 13.0. The van der Waals surface area contributed by atoms with Crippen molar-refractivity contribution in [3.05, 3.63) is 29.8 Å². The van der Waals surface area contributed by atoms with Crippen LogP contribution in [-0.2, 0) is 4.79 Å². The zero-order valence-electron chi connectivity index (χ0n) is 16.2. The third-order valence-electron chi connectivity index (χ3n) is 3.96. The van der Waals surface area contributed by atoms with Gasteiger partial charge in [0.25, 0.3) is 5.91 Å². The summed E-state index contributed by atoms with van der Waals surface area (Å²) in [7, 11) is 1.53. The molecule has 0 aromatic heterocycles. The molecule has 0 aliphatic heterocycles. The first-order valence-electron chi connectivity index (χ1n) is 9.08. The fourth-order valence-electron chi connectivity index (χ4n) is 2.53. The van der Waals surface area contributed by atoms with Gasteiger partial charge >= 0.3 is 0 Å². The predicted molar refractivity (Wildman–Crippen MR) is 100 cm³/mol. The van der Waals surface area contributed by atoms with Crippen LogP contribution in [0.5, 0.6) is 5.75 Å². The number of rotatable bonds is 8. The number of hydrogen-bond donors (Lipinski definition) is 1. The number of hydrogen-bond acceptors (Lipinski definition) is 3. The predicted octanol–water partition coefficient (Wildman–Crippen LogP) is 4.33. The first-order chi connectivity index (χ1) is 11.8. The van der Waals surface area contributed by atoms with Gasteiger partial charge < -0.3 is 4.74 Å². The molecule has 1 aromatic rings. The summed E-state index contributed by atoms with van der Waals surface area (Å²) in [5, 5.41) is 1.40. The number of nitrogens with zero attached hydrogens (tertiary/aromatic N) is 1. The van der Waals surface area contributed by atoms with Crippen LogP contribution in [0.3, 0.4) is 0 Å². The van der Waals surface area contributed by atoms with Crippen LogP contribution in [0.15, 0.2) is 24.3 Å². The van der Waals surface area contributed by atoms with Crippen molar-refractivity contribution in [3.63, 3.8) is 0 Å². The standard InChI is InChI=1S/C20H32N2O3/c1-6-7-8-9-10-15-18(23)21-22(20(2,3)4)19(24)16-13-11-12-14-17(16)25-5/h11-14H,6-10,15H2,1-5H3,(H,21,23). The summed E-state index contributed by atoms with van der Waals surface area (Å²) in [6, 6.07) is 7.04. The number of ether oxygens (including phenoxy) is 1. The molecule has 0 unspecified atom stereocenters. The molecule has 25 heavy (non-hydrogen) atoms. The van der Waals surface area contributed by atoms with Gasteiger partial charge in [-0.2, -0.15) is 0 Å². The average molecular weight is 348 g/mol. The van der Waals surface area contributed by atoms with E-state index < -0.39 is 5.54 Å². The summed E-state index contributed by atoms with van der Waals surface area (Å²) in [4.78, 5) is 25.2. The van der Waals surface area contributed by atoms with E-state index in [2.05, 4.69) is 12.3 Å². The molecular weight excluding hydrogens is 316 g/mol. The van der Waals surface area contributed by atoms with Crippen LogP contribution in [0.25, 0.3) is 0 Å². The highest BCUT2D eigenvalue weighted by Crippen LogP contribution is 2.22. The lowest BCUT2D eigenvalue weighted by atomic mass is 10.1. The number of carbonyl (C=O) groups is 2. The highest BCUT2D eigenvalue weighted by Gasteiger charge is 2.30. The maximum Gasteiger partial charge on any atom is 0.276 e. The molecule has 0 saturated heterocycles. The molecule has 0 spiro atoms. The third-order valence-corrected chi connectivity index (χ3v) is 3.96. The second kappa shape index (κ2) is 10.1. The second-order valence-electron chi connectivity index (χ2n) is 7.21. The van der Waals surface area contributed by atoms with E-state index >= 15 is 0 Å². The van der Waals surface area contributed by atoms with Crippen molar-refractivity contribution in [2.75, 3.05) is 7.11 Å². The summed E-state index contributed by atoms with van der Waals surface area (Å²) in [6.07, 6.45) is 5.83. The topological polar surface area (TPSA) is 58.6 Å². The number of unbranched alkanes of at least 4 members (excludes halogenated alkanes) is 4. The highest BCUT2D eigenvalue weighted by atomic mass is 16.5. The van der Waals surface area contributed by atoms with Gasteiger partial charge in [0.05, 0.1) is 18.2 Å². The van der Waals surface area contributed by atoms with Crippen molar-refractivity contribution in [3.8, 4) is 5.75 Å². The average Bonchev–Trinajstić information content (AvgIpc) is 2.58. The van der Waals surface area contributed by atoms with Gasteiger partial charge in [-0.1, -0.05) is 44.7 Å². The van der Waals surface area contributed by atoms with E-state index in [0.29, 0.717) is 17.7 Å². The Labute approximate surface area is 151 Å². The fourth-order valence-corrected chi connectivity index (χ4v) is 2.53. The van der Waals surface area contributed by atoms with Crippen LogP contribution < -0.4 is 10.2 Å². The number of para-hydroxylation sites is 1. The van der Waals surface area contributed by atoms with Crippen molar-refractivity contribution in [2.24, 2.45) is 0 Å². The summed E-state index contributed by atoms with van der Waals surface area (Å²) in [5.74, 6) is 0.0921. The summed E-state index contributed by atoms with van der Waals surface area (Å²) < 4.78 is 5.28. The lowest BCUT2D eigenvalue weighted by Gasteiger charge is -2.35. The second-order valence-corrected chi connectivity index (χ2v) is 7.21. The van der Waals surface area contributed by atoms with Gasteiger partial charge in [0, 0.05) is 6.42 Å². The van der Waals surface area contributed by atoms with Gasteiger partial charge in [0.15, 0.2) is 0 Å². The molecule has 0 heterocycles. The molecule has 0 atom stereocenters. The van der Waals surface area contributed by atoms with Gasteiger partial charge in [-0.05, 0) is 39.3 Å². The minimum Gasteiger partial charge on any atom is -0.496 e. The lowest BCUT2D eigenvalue weighted by molar-refractivity contribution is -0.127. The Morgan fingerprint density at radius 3 is 2.32 bits per heavy atom. The Balaban J connectivity index is 2.78. The molecule has 0 aliphatic carbocycles. The Kier molecular flexibility index (Phi) is 8.46. The van der Waals surface area contributed by atoms with Crippen LogP contribution in [0.1, 0.15) is 76.6 Å². The Bertz CT molecular complexity index is 564. The van der Waals surface area contributed by atoms with E-state index in [1.54, 1.807) is 18.2 Å². The zero-order valence-corrected chi connectivity index (χ0v) is 16.2. The molecule has 140 valence electrons. The van der Waals surface area contributed by atoms with Crippen LogP contribution >= 0.6 is 0 Å². The van der Waals surface area contributed by atoms with Crippen LogP contribution in [0.2, 0.25) is 0 Å². The van der Waals surface area contributed by atoms with Gasteiger partial charge in [-0.25, -0.2) is 5.01 Å². The molecular formula is C20H32N2O3. The fraction of sp³-hybridized carbons (Fsp3) is 0.600. The van der Waals surface area contributed by atoms with Crippen molar-refractivity contribution in [1.29, 1.82) is 0 Å². The summed E-state index contributed by atoms with van der Waals surface area (Å²) in [6.45, 7) is 7.84. The van der Waals surface area contributed by atoms with Crippen LogP contribution in [-0.4, -0.2) is 29.5 Å². The maximum absolute atomic E-state index is 13.0. The molecule has 2 amide bonds. The molecule has 1 rings (SSSR count). The monoisotopic (exact) mass is 348 g/mol. The van der Waals surface area contributed by atoms with Crippen molar-refractivity contribution in [2.45, 2.75) is 71.8 Å². The minimum atomic E-state index is -0.546. The smallest absolute Gasteiger partial charge is 0.276 e. The Morgan fingerprint density at radius 2 is 1.72 bits per heavy atom. The largest absolute Gasteiger partial charge is 0.496 e. The molecule has 5 nitrogen and oxygen atoms in total. The molecule has 0 saturated carbocycles. The molecule has 0 radical (unpaired) electrons. The first kappa shape index (κ1) is 21.0. The van der Waals surface area contributed by atoms with Gasteiger partial charge in [-0.15, -0.1) is 0 Å². The van der Waals surface area contributed by atoms with Crippen LogP contribution in [0.4, 0.5) is 0 Å². The van der Waals surface area contributed by atoms with E-state index in [9.17, 15) is 9.59 Å². The summed E-state index contributed by atoms with van der Waals surface area (Å²) in [5.41, 5.74) is 2.67. The van der Waals surface area contributed by atoms with Crippen molar-refractivity contribution in [1.82, 2.24) is 10.4 Å².